The number of ether oxygens (including phenoxy) is 1. The summed E-state index contributed by atoms with van der Waals surface area (Å²) in [5.41, 5.74) is 1.95. The van der Waals surface area contributed by atoms with E-state index in [-0.39, 0.29) is 19.5 Å². The van der Waals surface area contributed by atoms with Crippen molar-refractivity contribution in [2.75, 3.05) is 13.1 Å². The number of ketones is 1. The van der Waals surface area contributed by atoms with E-state index >= 15 is 0 Å². The van der Waals surface area contributed by atoms with Crippen LogP contribution in [0, 0.1) is 12.8 Å². The number of hydrogen-bond donors (Lipinski definition) is 2. The van der Waals surface area contributed by atoms with Crippen LogP contribution in [0.2, 0.25) is 0 Å². The Kier molecular flexibility index (Phi) is 6.46. The van der Waals surface area contributed by atoms with Gasteiger partial charge < -0.3 is 20.1 Å². The van der Waals surface area contributed by atoms with Crippen molar-refractivity contribution in [2.45, 2.75) is 19.9 Å². The molecular formula is C22H22N2O6. The number of aryl methyl sites for hydroxylation is 1. The average molecular weight is 410 g/mol. The third kappa shape index (κ3) is 5.22. The molecule has 156 valence electrons. The van der Waals surface area contributed by atoms with Gasteiger partial charge in [-0.1, -0.05) is 29.8 Å². The molecule has 30 heavy (non-hydrogen) atoms. The first-order valence-corrected chi connectivity index (χ1v) is 9.48. The van der Waals surface area contributed by atoms with Crippen LogP contribution in [-0.2, 0) is 25.7 Å². The lowest BCUT2D eigenvalue weighted by Crippen LogP contribution is -2.52. The van der Waals surface area contributed by atoms with E-state index in [1.807, 2.05) is 43.3 Å². The molecule has 1 atom stereocenters. The van der Waals surface area contributed by atoms with Crippen molar-refractivity contribution < 1.29 is 29.0 Å². The Balaban J connectivity index is 1.62. The summed E-state index contributed by atoms with van der Waals surface area (Å²) in [5.74, 6) is -3.37. The van der Waals surface area contributed by atoms with E-state index in [4.69, 9.17) is 9.84 Å². The number of carboxylic acids is 1. The predicted octanol–water partition coefficient (Wildman–Crippen LogP) is 1.91. The molecule has 2 aromatic carbocycles. The first-order chi connectivity index (χ1) is 14.3. The number of amides is 2. The summed E-state index contributed by atoms with van der Waals surface area (Å²) in [7, 11) is 0. The Bertz CT molecular complexity index is 953. The van der Waals surface area contributed by atoms with Crippen molar-refractivity contribution in [3.63, 3.8) is 0 Å². The topological polar surface area (TPSA) is 113 Å². The molecule has 1 heterocycles. The number of carbonyl (C=O) groups excluding carboxylic acids is 3. The van der Waals surface area contributed by atoms with E-state index in [0.717, 1.165) is 11.1 Å². The Morgan fingerprint density at radius 2 is 1.67 bits per heavy atom. The highest BCUT2D eigenvalue weighted by molar-refractivity contribution is 6.19. The van der Waals surface area contributed by atoms with E-state index in [2.05, 4.69) is 5.32 Å². The van der Waals surface area contributed by atoms with Crippen molar-refractivity contribution in [3.8, 4) is 11.5 Å². The molecule has 8 heteroatoms. The average Bonchev–Trinajstić information content (AvgIpc) is 2.72. The summed E-state index contributed by atoms with van der Waals surface area (Å²) < 4.78 is 5.78. The van der Waals surface area contributed by atoms with Gasteiger partial charge in [-0.05, 0) is 36.8 Å². The smallest absolute Gasteiger partial charge is 0.322 e. The number of nitrogens with one attached hydrogen (secondary N) is 1. The number of nitrogens with zero attached hydrogens (tertiary/aromatic N) is 1. The summed E-state index contributed by atoms with van der Waals surface area (Å²) >= 11 is 0. The van der Waals surface area contributed by atoms with Gasteiger partial charge in [-0.2, -0.15) is 0 Å². The molecule has 8 nitrogen and oxygen atoms in total. The number of benzene rings is 2. The standard InChI is InChI=1S/C22H22N2O6/c1-14-2-6-16(7-3-14)30-17-8-4-15(5-9-17)13-24-11-10-18(25)20(22(24)29)21(28)23-12-19(26)27/h2-9,20H,10-13H2,1H3,(H,23,28)(H,26,27). The summed E-state index contributed by atoms with van der Waals surface area (Å²) in [6.07, 6.45) is 0.0471. The highest BCUT2D eigenvalue weighted by Gasteiger charge is 2.40. The highest BCUT2D eigenvalue weighted by atomic mass is 16.5. The third-order valence-corrected chi connectivity index (χ3v) is 4.74. The number of carboxylic acid groups (broad SMARTS) is 1. The molecule has 0 saturated carbocycles. The van der Waals surface area contributed by atoms with Crippen LogP contribution in [0.4, 0.5) is 0 Å². The van der Waals surface area contributed by atoms with Gasteiger partial charge in [-0.15, -0.1) is 0 Å². The van der Waals surface area contributed by atoms with Crippen LogP contribution in [-0.4, -0.2) is 46.7 Å². The van der Waals surface area contributed by atoms with Crippen LogP contribution in [0.5, 0.6) is 11.5 Å². The monoisotopic (exact) mass is 410 g/mol. The van der Waals surface area contributed by atoms with Gasteiger partial charge in [0, 0.05) is 19.5 Å². The molecular weight excluding hydrogens is 388 g/mol. The Labute approximate surface area is 173 Å². The first-order valence-electron chi connectivity index (χ1n) is 9.48. The van der Waals surface area contributed by atoms with E-state index in [0.29, 0.717) is 11.5 Å². The lowest BCUT2D eigenvalue weighted by atomic mass is 9.94. The molecule has 2 amide bonds. The third-order valence-electron chi connectivity index (χ3n) is 4.74. The number of hydrogen-bond acceptors (Lipinski definition) is 5. The fourth-order valence-corrected chi connectivity index (χ4v) is 3.13. The van der Waals surface area contributed by atoms with Crippen molar-refractivity contribution in [1.29, 1.82) is 0 Å². The number of rotatable bonds is 7. The van der Waals surface area contributed by atoms with Crippen molar-refractivity contribution in [3.05, 3.63) is 59.7 Å². The number of Topliss-reactive ketones (excluding diaryl/α,β-unsaturated/α-hetero) is 1. The van der Waals surface area contributed by atoms with E-state index in [1.165, 1.54) is 4.90 Å². The quantitative estimate of drug-likeness (QED) is 0.674. The largest absolute Gasteiger partial charge is 0.480 e. The van der Waals surface area contributed by atoms with Gasteiger partial charge >= 0.3 is 5.97 Å². The SMILES string of the molecule is Cc1ccc(Oc2ccc(CN3CCC(=O)C(C(=O)NCC(=O)O)C3=O)cc2)cc1. The molecule has 1 unspecified atom stereocenters. The van der Waals surface area contributed by atoms with Gasteiger partial charge in [0.05, 0.1) is 0 Å². The zero-order valence-corrected chi connectivity index (χ0v) is 16.5. The minimum Gasteiger partial charge on any atom is -0.480 e. The summed E-state index contributed by atoms with van der Waals surface area (Å²) in [5, 5.41) is 10.8. The number of aliphatic carboxylic acids is 1. The van der Waals surface area contributed by atoms with Crippen LogP contribution in [0.1, 0.15) is 17.5 Å². The number of piperidine rings is 1. The Morgan fingerprint density at radius 3 is 2.27 bits per heavy atom. The van der Waals surface area contributed by atoms with Gasteiger partial charge in [0.25, 0.3) is 0 Å². The van der Waals surface area contributed by atoms with Crippen LogP contribution < -0.4 is 10.1 Å². The van der Waals surface area contributed by atoms with Gasteiger partial charge in [0.15, 0.2) is 11.7 Å². The van der Waals surface area contributed by atoms with E-state index < -0.39 is 36.0 Å². The molecule has 0 aliphatic carbocycles. The van der Waals surface area contributed by atoms with Crippen LogP contribution in [0.25, 0.3) is 0 Å². The lowest BCUT2D eigenvalue weighted by Gasteiger charge is -2.30. The molecule has 2 aromatic rings. The number of likely N-dealkylation sites (tertiary alicyclic amines) is 1. The van der Waals surface area contributed by atoms with Crippen LogP contribution >= 0.6 is 0 Å². The number of carbonyl (C=O) groups is 4. The molecule has 0 spiro atoms. The molecule has 3 rings (SSSR count). The minimum atomic E-state index is -1.50. The van der Waals surface area contributed by atoms with E-state index in [1.54, 1.807) is 12.1 Å². The van der Waals surface area contributed by atoms with Crippen molar-refractivity contribution >= 4 is 23.6 Å². The summed E-state index contributed by atoms with van der Waals surface area (Å²) in [4.78, 5) is 48.8. The van der Waals surface area contributed by atoms with Crippen molar-refractivity contribution in [1.82, 2.24) is 10.2 Å². The maximum atomic E-state index is 12.6. The summed E-state index contributed by atoms with van der Waals surface area (Å²) in [6, 6.07) is 14.9. The molecule has 1 saturated heterocycles. The van der Waals surface area contributed by atoms with Crippen LogP contribution in [0.15, 0.2) is 48.5 Å². The van der Waals surface area contributed by atoms with Crippen LogP contribution in [0.3, 0.4) is 0 Å². The minimum absolute atomic E-state index is 0.0471. The second-order valence-corrected chi connectivity index (χ2v) is 7.08. The van der Waals surface area contributed by atoms with Gasteiger partial charge in [0.1, 0.15) is 18.0 Å². The normalized spacial score (nSPS) is 16.3. The fraction of sp³-hybridized carbons (Fsp3) is 0.273. The Morgan fingerprint density at radius 1 is 1.07 bits per heavy atom. The van der Waals surface area contributed by atoms with Gasteiger partial charge in [0.2, 0.25) is 11.8 Å². The second-order valence-electron chi connectivity index (χ2n) is 7.08. The molecule has 1 aliphatic heterocycles. The van der Waals surface area contributed by atoms with E-state index in [9.17, 15) is 19.2 Å². The zero-order chi connectivity index (χ0) is 21.7. The molecule has 1 aliphatic rings. The molecule has 1 fully saturated rings. The lowest BCUT2D eigenvalue weighted by molar-refractivity contribution is -0.152. The summed E-state index contributed by atoms with van der Waals surface area (Å²) in [6.45, 7) is 1.80. The fourth-order valence-electron chi connectivity index (χ4n) is 3.13. The Hall–Kier alpha value is -3.68. The molecule has 0 bridgehead atoms. The zero-order valence-electron chi connectivity index (χ0n) is 16.5. The van der Waals surface area contributed by atoms with Crippen molar-refractivity contribution in [2.24, 2.45) is 5.92 Å². The molecule has 0 aromatic heterocycles. The predicted molar refractivity (Wildman–Crippen MR) is 107 cm³/mol. The maximum Gasteiger partial charge on any atom is 0.322 e. The highest BCUT2D eigenvalue weighted by Crippen LogP contribution is 2.23. The maximum absolute atomic E-state index is 12.6. The van der Waals surface area contributed by atoms with Gasteiger partial charge in [-0.25, -0.2) is 0 Å². The molecule has 2 N–H and O–H groups in total. The van der Waals surface area contributed by atoms with Gasteiger partial charge in [-0.3, -0.25) is 19.2 Å². The molecule has 0 radical (unpaired) electrons. The second kappa shape index (κ2) is 9.21. The first kappa shape index (κ1) is 21.0.